The summed E-state index contributed by atoms with van der Waals surface area (Å²) in [5.41, 5.74) is 1.46. The number of anilines is 1. The molecule has 0 aliphatic rings. The van der Waals surface area contributed by atoms with E-state index in [2.05, 4.69) is 10.3 Å². The second-order valence-corrected chi connectivity index (χ2v) is 4.28. The number of aromatic nitrogens is 1. The Balaban J connectivity index is 3.04. The number of aryl methyl sites for hydroxylation is 1. The van der Waals surface area contributed by atoms with Crippen molar-refractivity contribution in [1.29, 1.82) is 0 Å². The molecule has 0 radical (unpaired) electrons. The largest absolute Gasteiger partial charge is 0.394 e. The van der Waals surface area contributed by atoms with Crippen molar-refractivity contribution in [2.75, 3.05) is 26.0 Å². The first-order chi connectivity index (χ1) is 8.53. The van der Waals surface area contributed by atoms with Gasteiger partial charge in [-0.3, -0.25) is 4.79 Å². The lowest BCUT2D eigenvalue weighted by molar-refractivity contribution is 0.0682. The number of aliphatic hydroxyl groups is 1. The fourth-order valence-electron chi connectivity index (χ4n) is 1.55. The summed E-state index contributed by atoms with van der Waals surface area (Å²) < 4.78 is 0. The van der Waals surface area contributed by atoms with Gasteiger partial charge in [-0.15, -0.1) is 0 Å². The molecule has 0 aliphatic heterocycles. The molecule has 0 aromatic carbocycles. The van der Waals surface area contributed by atoms with Gasteiger partial charge in [-0.2, -0.15) is 0 Å². The van der Waals surface area contributed by atoms with Crippen molar-refractivity contribution in [2.45, 2.75) is 26.3 Å². The molecule has 0 saturated carbocycles. The Morgan fingerprint density at radius 2 is 2.22 bits per heavy atom. The van der Waals surface area contributed by atoms with Crippen molar-refractivity contribution < 1.29 is 9.90 Å². The van der Waals surface area contributed by atoms with Gasteiger partial charge >= 0.3 is 0 Å². The standard InChI is InChI=1S/C13H21N3O2/c1-5-11-6-10(7-12(14-3)15-11)13(18)16(4)9(2)8-17/h6-7,9,17H,5,8H2,1-4H3,(H,14,15). The minimum atomic E-state index is -0.200. The van der Waals surface area contributed by atoms with E-state index in [1.54, 1.807) is 33.2 Å². The molecule has 1 unspecified atom stereocenters. The number of nitrogens with zero attached hydrogens (tertiary/aromatic N) is 2. The van der Waals surface area contributed by atoms with Crippen molar-refractivity contribution in [3.8, 4) is 0 Å². The fraction of sp³-hybridized carbons (Fsp3) is 0.538. The Labute approximate surface area is 108 Å². The molecule has 0 fully saturated rings. The lowest BCUT2D eigenvalue weighted by Crippen LogP contribution is -2.37. The predicted octanol–water partition coefficient (Wildman–Crippen LogP) is 1.14. The number of pyridine rings is 1. The second-order valence-electron chi connectivity index (χ2n) is 4.28. The van der Waals surface area contributed by atoms with E-state index in [1.165, 1.54) is 4.90 Å². The monoisotopic (exact) mass is 251 g/mol. The number of likely N-dealkylation sites (N-methyl/N-ethyl adjacent to an activating group) is 1. The van der Waals surface area contributed by atoms with E-state index in [-0.39, 0.29) is 18.6 Å². The Morgan fingerprint density at radius 1 is 1.56 bits per heavy atom. The molecule has 1 aromatic heterocycles. The van der Waals surface area contributed by atoms with Crippen LogP contribution < -0.4 is 5.32 Å². The van der Waals surface area contributed by atoms with E-state index in [1.807, 2.05) is 6.92 Å². The molecule has 0 bridgehead atoms. The van der Waals surface area contributed by atoms with E-state index in [4.69, 9.17) is 5.11 Å². The highest BCUT2D eigenvalue weighted by Gasteiger charge is 2.18. The van der Waals surface area contributed by atoms with E-state index in [9.17, 15) is 4.79 Å². The molecule has 2 N–H and O–H groups in total. The average Bonchev–Trinajstić information content (AvgIpc) is 2.43. The topological polar surface area (TPSA) is 65.5 Å². The number of aliphatic hydroxyl groups excluding tert-OH is 1. The third-order valence-electron chi connectivity index (χ3n) is 2.99. The molecule has 1 aromatic rings. The van der Waals surface area contributed by atoms with Gasteiger partial charge in [0.2, 0.25) is 0 Å². The molecule has 1 atom stereocenters. The summed E-state index contributed by atoms with van der Waals surface area (Å²) >= 11 is 0. The first-order valence-corrected chi connectivity index (χ1v) is 6.10. The molecule has 0 saturated heterocycles. The molecule has 0 spiro atoms. The number of hydrogen-bond acceptors (Lipinski definition) is 4. The number of carbonyl (C=O) groups is 1. The smallest absolute Gasteiger partial charge is 0.254 e. The molecule has 100 valence electrons. The quantitative estimate of drug-likeness (QED) is 0.823. The highest BCUT2D eigenvalue weighted by molar-refractivity contribution is 5.95. The van der Waals surface area contributed by atoms with Crippen molar-refractivity contribution in [3.63, 3.8) is 0 Å². The van der Waals surface area contributed by atoms with Crippen LogP contribution in [-0.2, 0) is 6.42 Å². The third kappa shape index (κ3) is 3.20. The number of hydrogen-bond donors (Lipinski definition) is 2. The highest BCUT2D eigenvalue weighted by atomic mass is 16.3. The van der Waals surface area contributed by atoms with Crippen molar-refractivity contribution in [1.82, 2.24) is 9.88 Å². The Hall–Kier alpha value is -1.62. The maximum Gasteiger partial charge on any atom is 0.254 e. The first kappa shape index (κ1) is 14.4. The molecular formula is C13H21N3O2. The van der Waals surface area contributed by atoms with Gasteiger partial charge < -0.3 is 15.3 Å². The normalized spacial score (nSPS) is 12.1. The van der Waals surface area contributed by atoms with Crippen LogP contribution in [0, 0.1) is 0 Å². The molecule has 1 amide bonds. The third-order valence-corrected chi connectivity index (χ3v) is 2.99. The second kappa shape index (κ2) is 6.35. The van der Waals surface area contributed by atoms with E-state index in [0.29, 0.717) is 11.4 Å². The lowest BCUT2D eigenvalue weighted by Gasteiger charge is -2.23. The van der Waals surface area contributed by atoms with Gasteiger partial charge in [-0.05, 0) is 25.5 Å². The maximum atomic E-state index is 12.2. The van der Waals surface area contributed by atoms with Gasteiger partial charge in [0.1, 0.15) is 5.82 Å². The summed E-state index contributed by atoms with van der Waals surface area (Å²) in [4.78, 5) is 18.1. The molecule has 5 heteroatoms. The average molecular weight is 251 g/mol. The van der Waals surface area contributed by atoms with Crippen molar-refractivity contribution in [2.24, 2.45) is 0 Å². The van der Waals surface area contributed by atoms with Crippen LogP contribution in [0.4, 0.5) is 5.82 Å². The molecule has 18 heavy (non-hydrogen) atoms. The van der Waals surface area contributed by atoms with Gasteiger partial charge in [0, 0.05) is 25.4 Å². The zero-order valence-electron chi connectivity index (χ0n) is 11.4. The van der Waals surface area contributed by atoms with Crippen molar-refractivity contribution in [3.05, 3.63) is 23.4 Å². The summed E-state index contributed by atoms with van der Waals surface area (Å²) in [6.45, 7) is 3.75. The molecular weight excluding hydrogens is 230 g/mol. The highest BCUT2D eigenvalue weighted by Crippen LogP contribution is 2.13. The van der Waals surface area contributed by atoms with Crippen molar-refractivity contribution >= 4 is 11.7 Å². The lowest BCUT2D eigenvalue weighted by atomic mass is 10.1. The Bertz CT molecular complexity index is 398. The van der Waals surface area contributed by atoms with Crippen LogP contribution in [0.2, 0.25) is 0 Å². The molecule has 5 nitrogen and oxygen atoms in total. The molecule has 1 heterocycles. The maximum absolute atomic E-state index is 12.2. The van der Waals surface area contributed by atoms with Gasteiger partial charge in [0.15, 0.2) is 0 Å². The Morgan fingerprint density at radius 3 is 2.72 bits per heavy atom. The van der Waals surface area contributed by atoms with Gasteiger partial charge in [-0.25, -0.2) is 4.98 Å². The number of amides is 1. The van der Waals surface area contributed by atoms with Crippen LogP contribution in [0.25, 0.3) is 0 Å². The zero-order valence-corrected chi connectivity index (χ0v) is 11.4. The number of rotatable bonds is 5. The summed E-state index contributed by atoms with van der Waals surface area (Å²) in [6, 6.07) is 3.32. The van der Waals surface area contributed by atoms with E-state index < -0.39 is 0 Å². The van der Waals surface area contributed by atoms with E-state index >= 15 is 0 Å². The summed E-state index contributed by atoms with van der Waals surface area (Å²) in [5, 5.41) is 12.0. The van der Waals surface area contributed by atoms with Gasteiger partial charge in [-0.1, -0.05) is 6.92 Å². The van der Waals surface area contributed by atoms with Gasteiger partial charge in [0.05, 0.1) is 12.6 Å². The van der Waals surface area contributed by atoms with Crippen LogP contribution >= 0.6 is 0 Å². The molecule has 0 aliphatic carbocycles. The summed E-state index contributed by atoms with van der Waals surface area (Å²) in [7, 11) is 3.46. The van der Waals surface area contributed by atoms with Gasteiger partial charge in [0.25, 0.3) is 5.91 Å². The first-order valence-electron chi connectivity index (χ1n) is 6.10. The van der Waals surface area contributed by atoms with Crippen LogP contribution in [0.1, 0.15) is 29.9 Å². The minimum absolute atomic E-state index is 0.0488. The molecule has 1 rings (SSSR count). The Kier molecular flexibility index (Phi) is 5.09. The zero-order chi connectivity index (χ0) is 13.7. The summed E-state index contributed by atoms with van der Waals surface area (Å²) in [5.74, 6) is 0.577. The van der Waals surface area contributed by atoms with E-state index in [0.717, 1.165) is 12.1 Å². The SMILES string of the molecule is CCc1cc(C(=O)N(C)C(C)CO)cc(NC)n1. The minimum Gasteiger partial charge on any atom is -0.394 e. The van der Waals surface area contributed by atoms with Crippen LogP contribution in [0.15, 0.2) is 12.1 Å². The van der Waals surface area contributed by atoms with Crippen LogP contribution in [0.3, 0.4) is 0 Å². The number of nitrogens with one attached hydrogen (secondary N) is 1. The van der Waals surface area contributed by atoms with Crippen LogP contribution in [-0.4, -0.2) is 47.6 Å². The fourth-order valence-corrected chi connectivity index (χ4v) is 1.55. The number of carbonyl (C=O) groups excluding carboxylic acids is 1. The summed E-state index contributed by atoms with van der Waals surface area (Å²) in [6.07, 6.45) is 0.773. The van der Waals surface area contributed by atoms with Crippen LogP contribution in [0.5, 0.6) is 0 Å². The predicted molar refractivity (Wildman–Crippen MR) is 71.8 cm³/mol.